The van der Waals surface area contributed by atoms with Crippen molar-refractivity contribution in [3.8, 4) is 0 Å². The van der Waals surface area contributed by atoms with Gasteiger partial charge >= 0.3 is 0 Å². The zero-order chi connectivity index (χ0) is 21.4. The van der Waals surface area contributed by atoms with Crippen LogP contribution in [0.25, 0.3) is 0 Å². The summed E-state index contributed by atoms with van der Waals surface area (Å²) >= 11 is 0. The monoisotopic (exact) mass is 427 g/mol. The van der Waals surface area contributed by atoms with Crippen LogP contribution < -0.4 is 10.6 Å². The Hall–Kier alpha value is -1.89. The summed E-state index contributed by atoms with van der Waals surface area (Å²) in [7, 11) is 0. The highest BCUT2D eigenvalue weighted by Crippen LogP contribution is 2.52. The maximum Gasteiger partial charge on any atom is 0.233 e. The molecule has 0 aromatic heterocycles. The van der Waals surface area contributed by atoms with Crippen molar-refractivity contribution in [3.63, 3.8) is 0 Å². The predicted molar refractivity (Wildman–Crippen MR) is 120 cm³/mol. The fraction of sp³-hybridized carbons (Fsp3) is 0.792. The lowest BCUT2D eigenvalue weighted by Gasteiger charge is -2.22. The number of nitrogens with zero attached hydrogens (tertiary/aromatic N) is 3. The van der Waals surface area contributed by atoms with Crippen LogP contribution in [-0.2, 0) is 9.59 Å². The quantitative estimate of drug-likeness (QED) is 0.172. The molecular formula is C24H37N5O2. The number of hydrogen-bond acceptors (Lipinski definition) is 4. The third kappa shape index (κ3) is 4.52. The minimum absolute atomic E-state index is 0.0525. The normalized spacial score (nSPS) is 31.8. The molecule has 2 bridgehead atoms. The van der Waals surface area contributed by atoms with E-state index in [9.17, 15) is 9.59 Å². The number of rotatable bonds is 11. The van der Waals surface area contributed by atoms with Crippen molar-refractivity contribution in [1.29, 1.82) is 0 Å². The molecule has 0 aromatic rings. The average Bonchev–Trinajstić information content (AvgIpc) is 3.68. The number of likely N-dealkylation sites (tertiary alicyclic amines) is 1. The van der Waals surface area contributed by atoms with Crippen LogP contribution >= 0.6 is 0 Å². The van der Waals surface area contributed by atoms with Crippen LogP contribution in [0.4, 0.5) is 0 Å². The van der Waals surface area contributed by atoms with Gasteiger partial charge in [0.2, 0.25) is 11.8 Å². The third-order valence-electron chi connectivity index (χ3n) is 7.66. The third-order valence-corrected chi connectivity index (χ3v) is 7.66. The number of nitrogens with one attached hydrogen (secondary N) is 2. The van der Waals surface area contributed by atoms with E-state index in [2.05, 4.69) is 39.6 Å². The number of allylic oxidation sites excluding steroid dienone is 2. The van der Waals surface area contributed by atoms with Crippen LogP contribution in [0, 0.1) is 29.6 Å². The molecule has 0 spiro atoms. The summed E-state index contributed by atoms with van der Waals surface area (Å²) in [5.74, 6) is 2.27. The van der Waals surface area contributed by atoms with Gasteiger partial charge in [-0.25, -0.2) is 0 Å². The topological polar surface area (TPSA) is 77.0 Å². The summed E-state index contributed by atoms with van der Waals surface area (Å²) in [6.45, 7) is 7.23. The van der Waals surface area contributed by atoms with Crippen molar-refractivity contribution in [1.82, 2.24) is 20.4 Å². The summed E-state index contributed by atoms with van der Waals surface area (Å²) < 4.78 is 0. The largest absolute Gasteiger partial charge is 0.357 e. The van der Waals surface area contributed by atoms with Gasteiger partial charge in [-0.05, 0) is 63.2 Å². The standard InChI is InChI=1S/C24H37N5O2/c1-2-25-24(27-11-13-28(19-8-9-19)15-16-4-5-16)26-10-3-12-29-22(30)20-17-6-7-18(14-17)21(20)23(29)31/h6-7,16-21H,2-5,8-15H2,1H3,(H2,25,26,27). The molecule has 7 nitrogen and oxygen atoms in total. The number of hydrogen-bond donors (Lipinski definition) is 2. The molecule has 1 heterocycles. The van der Waals surface area contributed by atoms with Gasteiger partial charge in [-0.3, -0.25) is 24.4 Å². The molecule has 1 saturated heterocycles. The smallest absolute Gasteiger partial charge is 0.233 e. The Bertz CT molecular complexity index is 727. The van der Waals surface area contributed by atoms with Gasteiger partial charge in [-0.2, -0.15) is 0 Å². The zero-order valence-corrected chi connectivity index (χ0v) is 18.8. The van der Waals surface area contributed by atoms with Crippen LogP contribution in [0.3, 0.4) is 0 Å². The number of carbonyl (C=O) groups is 2. The van der Waals surface area contributed by atoms with Gasteiger partial charge in [0.05, 0.1) is 11.8 Å². The molecule has 4 fully saturated rings. The lowest BCUT2D eigenvalue weighted by molar-refractivity contribution is -0.140. The Labute approximate surface area is 185 Å². The van der Waals surface area contributed by atoms with E-state index in [4.69, 9.17) is 0 Å². The number of guanidine groups is 1. The number of amides is 2. The molecule has 31 heavy (non-hydrogen) atoms. The van der Waals surface area contributed by atoms with Gasteiger partial charge in [-0.15, -0.1) is 0 Å². The lowest BCUT2D eigenvalue weighted by Crippen LogP contribution is -2.42. The first-order chi connectivity index (χ1) is 15.2. The Morgan fingerprint density at radius 1 is 1.10 bits per heavy atom. The highest BCUT2D eigenvalue weighted by atomic mass is 16.2. The molecule has 4 unspecified atom stereocenters. The molecule has 3 saturated carbocycles. The molecule has 5 aliphatic rings. The van der Waals surface area contributed by atoms with Crippen molar-refractivity contribution in [2.75, 3.05) is 39.3 Å². The van der Waals surface area contributed by atoms with E-state index in [0.717, 1.165) is 44.0 Å². The zero-order valence-electron chi connectivity index (χ0n) is 18.8. The molecule has 0 aromatic carbocycles. The maximum atomic E-state index is 12.8. The van der Waals surface area contributed by atoms with Crippen LogP contribution in [-0.4, -0.2) is 72.9 Å². The van der Waals surface area contributed by atoms with Gasteiger partial charge in [0.1, 0.15) is 0 Å². The Morgan fingerprint density at radius 3 is 2.42 bits per heavy atom. The van der Waals surface area contributed by atoms with Crippen LogP contribution in [0.1, 0.15) is 45.4 Å². The minimum Gasteiger partial charge on any atom is -0.357 e. The first kappa shape index (κ1) is 21.0. The predicted octanol–water partition coefficient (Wildman–Crippen LogP) is 1.61. The van der Waals surface area contributed by atoms with Crippen molar-refractivity contribution in [2.45, 2.75) is 51.5 Å². The molecule has 4 atom stereocenters. The number of fused-ring (bicyclic) bond motifs is 5. The molecule has 7 heteroatoms. The molecule has 1 aliphatic heterocycles. The van der Waals surface area contributed by atoms with Crippen molar-refractivity contribution < 1.29 is 9.59 Å². The highest BCUT2D eigenvalue weighted by Gasteiger charge is 2.58. The van der Waals surface area contributed by atoms with E-state index in [-0.39, 0.29) is 35.5 Å². The van der Waals surface area contributed by atoms with Crippen LogP contribution in [0.5, 0.6) is 0 Å². The maximum absolute atomic E-state index is 12.8. The lowest BCUT2D eigenvalue weighted by atomic mass is 9.85. The van der Waals surface area contributed by atoms with Gasteiger partial charge in [0.15, 0.2) is 5.96 Å². The van der Waals surface area contributed by atoms with Crippen molar-refractivity contribution in [2.24, 2.45) is 34.6 Å². The van der Waals surface area contributed by atoms with E-state index in [0.29, 0.717) is 19.5 Å². The highest BCUT2D eigenvalue weighted by molar-refractivity contribution is 6.06. The van der Waals surface area contributed by atoms with Gasteiger partial charge in [-0.1, -0.05) is 12.2 Å². The second kappa shape index (κ2) is 8.93. The van der Waals surface area contributed by atoms with Crippen molar-refractivity contribution in [3.05, 3.63) is 12.2 Å². The first-order valence-corrected chi connectivity index (χ1v) is 12.5. The fourth-order valence-corrected chi connectivity index (χ4v) is 5.76. The van der Waals surface area contributed by atoms with E-state index in [1.807, 2.05) is 0 Å². The van der Waals surface area contributed by atoms with Gasteiger partial charge < -0.3 is 10.6 Å². The number of carbonyl (C=O) groups excluding carboxylic acids is 2. The summed E-state index contributed by atoms with van der Waals surface area (Å²) in [6.07, 6.45) is 11.5. The number of imide groups is 1. The van der Waals surface area contributed by atoms with E-state index in [1.54, 1.807) is 0 Å². The molecule has 0 radical (unpaired) electrons. The van der Waals surface area contributed by atoms with E-state index < -0.39 is 0 Å². The molecule has 4 aliphatic carbocycles. The van der Waals surface area contributed by atoms with Gasteiger partial charge in [0.25, 0.3) is 0 Å². The summed E-state index contributed by atoms with van der Waals surface area (Å²) in [5.41, 5.74) is 0. The molecule has 5 rings (SSSR count). The second-order valence-electron chi connectivity index (χ2n) is 10.0. The second-order valence-corrected chi connectivity index (χ2v) is 10.0. The van der Waals surface area contributed by atoms with Gasteiger partial charge in [0, 0.05) is 45.3 Å². The minimum atomic E-state index is -0.0879. The van der Waals surface area contributed by atoms with E-state index in [1.165, 1.54) is 37.1 Å². The SMILES string of the molecule is CCNC(=NCCCN1C(=O)C2C3C=CC(C3)C2C1=O)NCCN(CC1CC1)C1CC1. The molecular weight excluding hydrogens is 390 g/mol. The summed E-state index contributed by atoms with van der Waals surface area (Å²) in [5, 5.41) is 6.78. The van der Waals surface area contributed by atoms with E-state index >= 15 is 0 Å². The molecule has 170 valence electrons. The summed E-state index contributed by atoms with van der Waals surface area (Å²) in [6, 6.07) is 0.808. The average molecular weight is 428 g/mol. The Kier molecular flexibility index (Phi) is 6.04. The summed E-state index contributed by atoms with van der Waals surface area (Å²) in [4.78, 5) is 34.4. The molecule has 2 N–H and O–H groups in total. The number of aliphatic imine (C=N–C) groups is 1. The Morgan fingerprint density at radius 2 is 1.81 bits per heavy atom. The fourth-order valence-electron chi connectivity index (χ4n) is 5.76. The van der Waals surface area contributed by atoms with Crippen LogP contribution in [0.2, 0.25) is 0 Å². The first-order valence-electron chi connectivity index (χ1n) is 12.5. The van der Waals surface area contributed by atoms with Crippen molar-refractivity contribution >= 4 is 17.8 Å². The molecule has 2 amide bonds. The van der Waals surface area contributed by atoms with Crippen LogP contribution in [0.15, 0.2) is 17.1 Å². The Balaban J connectivity index is 1.06.